The molecule has 0 bridgehead atoms. The SMILES string of the molecule is CCCCN(C)S(=O)(=O)c1cc(CNC)ccc1Br. The van der Waals surface area contributed by atoms with Crippen molar-refractivity contribution in [1.29, 1.82) is 0 Å². The molecule has 0 fully saturated rings. The molecule has 0 amide bonds. The Hall–Kier alpha value is -0.430. The van der Waals surface area contributed by atoms with Crippen LogP contribution in [0.25, 0.3) is 0 Å². The first-order valence-electron chi connectivity index (χ1n) is 6.32. The average Bonchev–Trinajstić information content (AvgIpc) is 2.38. The van der Waals surface area contributed by atoms with Crippen molar-refractivity contribution in [2.24, 2.45) is 0 Å². The van der Waals surface area contributed by atoms with Crippen molar-refractivity contribution in [3.8, 4) is 0 Å². The molecule has 19 heavy (non-hydrogen) atoms. The van der Waals surface area contributed by atoms with Crippen LogP contribution in [-0.2, 0) is 16.6 Å². The molecule has 1 N–H and O–H groups in total. The van der Waals surface area contributed by atoms with Crippen molar-refractivity contribution in [3.05, 3.63) is 28.2 Å². The van der Waals surface area contributed by atoms with Gasteiger partial charge in [-0.3, -0.25) is 0 Å². The summed E-state index contributed by atoms with van der Waals surface area (Å²) in [5.41, 5.74) is 0.952. The molecule has 0 heterocycles. The molecule has 0 radical (unpaired) electrons. The number of rotatable bonds is 7. The summed E-state index contributed by atoms with van der Waals surface area (Å²) in [6, 6.07) is 5.41. The number of benzene rings is 1. The maximum Gasteiger partial charge on any atom is 0.243 e. The van der Waals surface area contributed by atoms with Gasteiger partial charge in [-0.2, -0.15) is 0 Å². The predicted octanol–water partition coefficient (Wildman–Crippen LogP) is 2.59. The van der Waals surface area contributed by atoms with Crippen LogP contribution in [0.2, 0.25) is 0 Å². The van der Waals surface area contributed by atoms with Crippen molar-refractivity contribution < 1.29 is 8.42 Å². The Bertz CT molecular complexity index is 517. The molecule has 0 aliphatic rings. The molecule has 0 aliphatic heterocycles. The fourth-order valence-electron chi connectivity index (χ4n) is 1.73. The maximum atomic E-state index is 12.5. The van der Waals surface area contributed by atoms with Gasteiger partial charge in [0.05, 0.1) is 4.90 Å². The first kappa shape index (κ1) is 16.6. The topological polar surface area (TPSA) is 49.4 Å². The van der Waals surface area contributed by atoms with Gasteiger partial charge in [-0.25, -0.2) is 12.7 Å². The van der Waals surface area contributed by atoms with E-state index in [1.807, 2.05) is 20.0 Å². The number of sulfonamides is 1. The molecule has 108 valence electrons. The normalized spacial score (nSPS) is 12.1. The van der Waals surface area contributed by atoms with Gasteiger partial charge in [0.2, 0.25) is 10.0 Å². The first-order chi connectivity index (χ1) is 8.93. The third-order valence-corrected chi connectivity index (χ3v) is 5.74. The van der Waals surface area contributed by atoms with Crippen LogP contribution in [0.1, 0.15) is 25.3 Å². The lowest BCUT2D eigenvalue weighted by Crippen LogP contribution is -2.28. The summed E-state index contributed by atoms with van der Waals surface area (Å²) in [6.07, 6.45) is 1.84. The average molecular weight is 349 g/mol. The molecule has 0 saturated carbocycles. The Morgan fingerprint density at radius 2 is 2.05 bits per heavy atom. The molecule has 0 aromatic heterocycles. The van der Waals surface area contributed by atoms with Crippen LogP contribution in [0.5, 0.6) is 0 Å². The van der Waals surface area contributed by atoms with Gasteiger partial charge in [-0.05, 0) is 47.1 Å². The van der Waals surface area contributed by atoms with E-state index < -0.39 is 10.0 Å². The lowest BCUT2D eigenvalue weighted by molar-refractivity contribution is 0.459. The number of nitrogens with zero attached hydrogens (tertiary/aromatic N) is 1. The van der Waals surface area contributed by atoms with Crippen LogP contribution >= 0.6 is 15.9 Å². The fourth-order valence-corrected chi connectivity index (χ4v) is 3.91. The van der Waals surface area contributed by atoms with Gasteiger partial charge < -0.3 is 5.32 Å². The molecule has 1 rings (SSSR count). The molecular weight excluding hydrogens is 328 g/mol. The summed E-state index contributed by atoms with van der Waals surface area (Å²) in [5, 5.41) is 3.02. The van der Waals surface area contributed by atoms with Crippen molar-refractivity contribution in [2.75, 3.05) is 20.6 Å². The van der Waals surface area contributed by atoms with Crippen LogP contribution < -0.4 is 5.32 Å². The number of hydrogen-bond donors (Lipinski definition) is 1. The van der Waals surface area contributed by atoms with Gasteiger partial charge >= 0.3 is 0 Å². The molecule has 4 nitrogen and oxygen atoms in total. The second kappa shape index (κ2) is 7.38. The molecular formula is C13H21BrN2O2S. The predicted molar refractivity (Wildman–Crippen MR) is 81.6 cm³/mol. The van der Waals surface area contributed by atoms with Gasteiger partial charge in [0, 0.05) is 24.6 Å². The van der Waals surface area contributed by atoms with E-state index in [0.29, 0.717) is 22.5 Å². The molecule has 0 unspecified atom stereocenters. The fraction of sp³-hybridized carbons (Fsp3) is 0.538. The standard InChI is InChI=1S/C13H21BrN2O2S/c1-4-5-8-16(3)19(17,18)13-9-11(10-15-2)6-7-12(13)14/h6-7,9,15H,4-5,8,10H2,1-3H3. The van der Waals surface area contributed by atoms with Crippen LogP contribution in [0, 0.1) is 0 Å². The molecule has 1 aromatic carbocycles. The first-order valence-corrected chi connectivity index (χ1v) is 8.56. The summed E-state index contributed by atoms with van der Waals surface area (Å²) in [4.78, 5) is 0.332. The summed E-state index contributed by atoms with van der Waals surface area (Å²) in [7, 11) is 0.0400. The highest BCUT2D eigenvalue weighted by Gasteiger charge is 2.23. The smallest absolute Gasteiger partial charge is 0.243 e. The number of unbranched alkanes of at least 4 members (excludes halogenated alkanes) is 1. The molecule has 0 saturated heterocycles. The van der Waals surface area contributed by atoms with Gasteiger partial charge in [0.1, 0.15) is 0 Å². The highest BCUT2D eigenvalue weighted by molar-refractivity contribution is 9.10. The van der Waals surface area contributed by atoms with E-state index >= 15 is 0 Å². The van der Waals surface area contributed by atoms with E-state index in [1.165, 1.54) is 4.31 Å². The van der Waals surface area contributed by atoms with E-state index in [4.69, 9.17) is 0 Å². The van der Waals surface area contributed by atoms with E-state index in [9.17, 15) is 8.42 Å². The Morgan fingerprint density at radius 3 is 2.63 bits per heavy atom. The minimum Gasteiger partial charge on any atom is -0.316 e. The highest BCUT2D eigenvalue weighted by Crippen LogP contribution is 2.26. The van der Waals surface area contributed by atoms with Crippen molar-refractivity contribution in [2.45, 2.75) is 31.2 Å². The summed E-state index contributed by atoms with van der Waals surface area (Å²) >= 11 is 3.33. The second-order valence-corrected chi connectivity index (χ2v) is 7.34. The highest BCUT2D eigenvalue weighted by atomic mass is 79.9. The number of halogens is 1. The quantitative estimate of drug-likeness (QED) is 0.823. The molecule has 6 heteroatoms. The Kier molecular flexibility index (Phi) is 6.46. The maximum absolute atomic E-state index is 12.5. The van der Waals surface area contributed by atoms with Gasteiger partial charge in [-0.1, -0.05) is 19.4 Å². The Balaban J connectivity index is 3.09. The van der Waals surface area contributed by atoms with Crippen molar-refractivity contribution in [1.82, 2.24) is 9.62 Å². The zero-order valence-electron chi connectivity index (χ0n) is 11.6. The number of nitrogens with one attached hydrogen (secondary N) is 1. The molecule has 0 aliphatic carbocycles. The molecule has 1 aromatic rings. The lowest BCUT2D eigenvalue weighted by atomic mass is 10.2. The minimum atomic E-state index is -3.42. The Morgan fingerprint density at radius 1 is 1.37 bits per heavy atom. The lowest BCUT2D eigenvalue weighted by Gasteiger charge is -2.18. The summed E-state index contributed by atoms with van der Waals surface area (Å²) in [6.45, 7) is 3.24. The van der Waals surface area contributed by atoms with E-state index in [2.05, 4.69) is 21.2 Å². The van der Waals surface area contributed by atoms with Crippen LogP contribution in [-0.4, -0.2) is 33.4 Å². The van der Waals surface area contributed by atoms with Crippen molar-refractivity contribution in [3.63, 3.8) is 0 Å². The minimum absolute atomic E-state index is 0.332. The van der Waals surface area contributed by atoms with Gasteiger partial charge in [-0.15, -0.1) is 0 Å². The van der Waals surface area contributed by atoms with Crippen LogP contribution in [0.4, 0.5) is 0 Å². The van der Waals surface area contributed by atoms with Gasteiger partial charge in [0.25, 0.3) is 0 Å². The second-order valence-electron chi connectivity index (χ2n) is 4.48. The van der Waals surface area contributed by atoms with Gasteiger partial charge in [0.15, 0.2) is 0 Å². The third kappa shape index (κ3) is 4.27. The van der Waals surface area contributed by atoms with Crippen molar-refractivity contribution >= 4 is 26.0 Å². The molecule has 0 atom stereocenters. The largest absolute Gasteiger partial charge is 0.316 e. The van der Waals surface area contributed by atoms with E-state index in [1.54, 1.807) is 19.2 Å². The monoisotopic (exact) mass is 348 g/mol. The number of hydrogen-bond acceptors (Lipinski definition) is 3. The Labute approximate surface area is 124 Å². The summed E-state index contributed by atoms with van der Waals surface area (Å²) < 4.78 is 27.0. The third-order valence-electron chi connectivity index (χ3n) is 2.89. The van der Waals surface area contributed by atoms with Crippen LogP contribution in [0.15, 0.2) is 27.6 Å². The van der Waals surface area contributed by atoms with E-state index in [-0.39, 0.29) is 0 Å². The zero-order chi connectivity index (χ0) is 14.5. The molecule has 0 spiro atoms. The van der Waals surface area contributed by atoms with E-state index in [0.717, 1.165) is 18.4 Å². The van der Waals surface area contributed by atoms with Crippen LogP contribution in [0.3, 0.4) is 0 Å². The zero-order valence-corrected chi connectivity index (χ0v) is 14.0. The summed E-state index contributed by atoms with van der Waals surface area (Å²) in [5.74, 6) is 0.